The number of hydrogen-bond donors (Lipinski definition) is 0. The first-order valence-corrected chi connectivity index (χ1v) is 9.71. The van der Waals surface area contributed by atoms with Crippen LogP contribution in [-0.2, 0) is 11.9 Å². The molecule has 168 valence electrons. The van der Waals surface area contributed by atoms with Crippen LogP contribution in [0.5, 0.6) is 5.75 Å². The summed E-state index contributed by atoms with van der Waals surface area (Å²) in [4.78, 5) is 0. The van der Waals surface area contributed by atoms with Gasteiger partial charge in [-0.05, 0) is 45.0 Å². The minimum atomic E-state index is -4.54. The summed E-state index contributed by atoms with van der Waals surface area (Å²) in [7, 11) is 0. The summed E-state index contributed by atoms with van der Waals surface area (Å²) in [6.07, 6.45) is -3.39. The van der Waals surface area contributed by atoms with E-state index in [-0.39, 0.29) is 17.1 Å². The van der Waals surface area contributed by atoms with Gasteiger partial charge in [-0.15, -0.1) is 15.3 Å². The molecule has 4 rings (SSSR count). The molecule has 0 radical (unpaired) electrons. The highest BCUT2D eigenvalue weighted by Crippen LogP contribution is 2.38. The molecular weight excluding hydrogens is 437 g/mol. The molecule has 0 bridgehead atoms. The lowest BCUT2D eigenvalue weighted by Gasteiger charge is -2.28. The van der Waals surface area contributed by atoms with Crippen LogP contribution in [0, 0.1) is 18.3 Å². The van der Waals surface area contributed by atoms with Crippen molar-refractivity contribution in [1.29, 1.82) is 5.26 Å². The zero-order valence-corrected chi connectivity index (χ0v) is 17.8. The molecule has 0 fully saturated rings. The van der Waals surface area contributed by atoms with E-state index in [1.165, 1.54) is 28.9 Å². The van der Waals surface area contributed by atoms with Crippen molar-refractivity contribution in [1.82, 2.24) is 25.2 Å². The molecule has 0 atom stereocenters. The van der Waals surface area contributed by atoms with Crippen molar-refractivity contribution in [2.75, 3.05) is 0 Å². The number of hydrogen-bond acceptors (Lipinski definition) is 7. The minimum absolute atomic E-state index is 0.0746. The fraction of sp³-hybridized carbons (Fsp3) is 0.227. The maximum atomic E-state index is 13.5. The maximum Gasteiger partial charge on any atom is 0.417 e. The van der Waals surface area contributed by atoms with Gasteiger partial charge in [0.2, 0.25) is 6.39 Å². The van der Waals surface area contributed by atoms with E-state index >= 15 is 0 Å². The molecule has 2 aromatic carbocycles. The van der Waals surface area contributed by atoms with Gasteiger partial charge in [0, 0.05) is 5.56 Å². The molecule has 2 heterocycles. The van der Waals surface area contributed by atoms with Crippen LogP contribution in [0.1, 0.15) is 30.7 Å². The van der Waals surface area contributed by atoms with Crippen molar-refractivity contribution in [3.63, 3.8) is 0 Å². The van der Waals surface area contributed by atoms with Gasteiger partial charge in [-0.25, -0.2) is 4.68 Å². The summed E-state index contributed by atoms with van der Waals surface area (Å²) in [6.45, 7) is 4.99. The molecule has 4 aromatic rings. The zero-order chi connectivity index (χ0) is 23.8. The first-order valence-electron chi connectivity index (χ1n) is 9.71. The normalized spacial score (nSPS) is 11.9. The van der Waals surface area contributed by atoms with Crippen molar-refractivity contribution in [3.05, 3.63) is 65.7 Å². The van der Waals surface area contributed by atoms with Gasteiger partial charge in [0.1, 0.15) is 11.4 Å². The van der Waals surface area contributed by atoms with Crippen LogP contribution in [-0.4, -0.2) is 25.2 Å². The predicted molar refractivity (Wildman–Crippen MR) is 110 cm³/mol. The Labute approximate surface area is 186 Å². The second-order valence-electron chi connectivity index (χ2n) is 7.59. The van der Waals surface area contributed by atoms with Gasteiger partial charge in [-0.2, -0.15) is 18.4 Å². The summed E-state index contributed by atoms with van der Waals surface area (Å²) in [5, 5.41) is 24.9. The zero-order valence-electron chi connectivity index (χ0n) is 17.8. The Bertz CT molecular complexity index is 1340. The van der Waals surface area contributed by atoms with Crippen LogP contribution < -0.4 is 4.74 Å². The minimum Gasteiger partial charge on any atom is -0.466 e. The molecule has 0 amide bonds. The number of alkyl halides is 3. The van der Waals surface area contributed by atoms with Gasteiger partial charge in [-0.3, -0.25) is 0 Å². The van der Waals surface area contributed by atoms with Gasteiger partial charge >= 0.3 is 6.18 Å². The van der Waals surface area contributed by atoms with Gasteiger partial charge in [-0.1, -0.05) is 23.4 Å². The Morgan fingerprint density at radius 1 is 1.06 bits per heavy atom. The Balaban J connectivity index is 1.75. The molecule has 0 saturated heterocycles. The van der Waals surface area contributed by atoms with E-state index in [4.69, 9.17) is 9.15 Å². The predicted octanol–water partition coefficient (Wildman–Crippen LogP) is 4.97. The fourth-order valence-corrected chi connectivity index (χ4v) is 3.48. The van der Waals surface area contributed by atoms with E-state index in [2.05, 4.69) is 20.5 Å². The molecule has 2 aromatic heterocycles. The molecule has 0 spiro atoms. The number of aromatic nitrogens is 5. The van der Waals surface area contributed by atoms with Crippen LogP contribution in [0.25, 0.3) is 22.7 Å². The molecule has 8 nitrogen and oxygen atoms in total. The first-order chi connectivity index (χ1) is 15.6. The van der Waals surface area contributed by atoms with Crippen LogP contribution in [0.2, 0.25) is 0 Å². The van der Waals surface area contributed by atoms with Crippen LogP contribution in [0.15, 0.2) is 53.3 Å². The van der Waals surface area contributed by atoms with Gasteiger partial charge < -0.3 is 9.15 Å². The first kappa shape index (κ1) is 22.0. The SMILES string of the molecule is Cc1c(-c2ccccc2C(F)(F)F)nnn1C(C)(C)Oc1ccc(C#N)cc1-c1nnco1. The standard InChI is InChI=1S/C22H17F3N6O2/c1-13-19(15-6-4-5-7-17(15)22(23,24)25)28-30-31(13)21(2,3)33-18-9-8-14(11-26)10-16(18)20-29-27-12-32-20/h4-10,12H,1-3H3. The van der Waals surface area contributed by atoms with Crippen molar-refractivity contribution in [2.45, 2.75) is 32.7 Å². The molecule has 0 N–H and O–H groups in total. The Morgan fingerprint density at radius 2 is 1.82 bits per heavy atom. The number of nitrogens with zero attached hydrogens (tertiary/aromatic N) is 6. The second kappa shape index (κ2) is 8.05. The molecule has 0 aliphatic heterocycles. The maximum absolute atomic E-state index is 13.5. The van der Waals surface area contributed by atoms with Gasteiger partial charge in [0.25, 0.3) is 5.89 Å². The summed E-state index contributed by atoms with van der Waals surface area (Å²) in [5.74, 6) is 0.461. The number of nitriles is 1. The number of rotatable bonds is 5. The molecule has 0 saturated carbocycles. The third kappa shape index (κ3) is 4.15. The van der Waals surface area contributed by atoms with Crippen LogP contribution in [0.4, 0.5) is 13.2 Å². The van der Waals surface area contributed by atoms with Crippen molar-refractivity contribution >= 4 is 0 Å². The lowest BCUT2D eigenvalue weighted by Crippen LogP contribution is -2.35. The van der Waals surface area contributed by atoms with E-state index in [9.17, 15) is 18.4 Å². The molecule has 0 aliphatic carbocycles. The average Bonchev–Trinajstić information content (AvgIpc) is 3.43. The Kier molecular flexibility index (Phi) is 5.37. The van der Waals surface area contributed by atoms with E-state index < -0.39 is 17.5 Å². The summed E-state index contributed by atoms with van der Waals surface area (Å²) in [5.41, 5.74) is -0.831. The summed E-state index contributed by atoms with van der Waals surface area (Å²) in [6, 6.07) is 11.9. The van der Waals surface area contributed by atoms with Crippen molar-refractivity contribution < 1.29 is 22.3 Å². The fourth-order valence-electron chi connectivity index (χ4n) is 3.48. The van der Waals surface area contributed by atoms with E-state index in [0.29, 0.717) is 22.6 Å². The van der Waals surface area contributed by atoms with E-state index in [1.807, 2.05) is 6.07 Å². The van der Waals surface area contributed by atoms with Crippen molar-refractivity contribution in [3.8, 4) is 34.5 Å². The average molecular weight is 454 g/mol. The summed E-state index contributed by atoms with van der Waals surface area (Å²) < 4.78 is 53.4. The van der Waals surface area contributed by atoms with E-state index in [1.54, 1.807) is 32.9 Å². The highest BCUT2D eigenvalue weighted by atomic mass is 19.4. The molecule has 0 unspecified atom stereocenters. The number of halogens is 3. The second-order valence-corrected chi connectivity index (χ2v) is 7.59. The Morgan fingerprint density at radius 3 is 2.48 bits per heavy atom. The smallest absolute Gasteiger partial charge is 0.417 e. The molecule has 33 heavy (non-hydrogen) atoms. The van der Waals surface area contributed by atoms with Crippen LogP contribution in [0.3, 0.4) is 0 Å². The highest BCUT2D eigenvalue weighted by Gasteiger charge is 2.36. The number of benzene rings is 2. The summed E-state index contributed by atoms with van der Waals surface area (Å²) >= 11 is 0. The third-order valence-corrected chi connectivity index (χ3v) is 4.95. The number of ether oxygens (including phenoxy) is 1. The molecular formula is C22H17F3N6O2. The lowest BCUT2D eigenvalue weighted by molar-refractivity contribution is -0.137. The quantitative estimate of drug-likeness (QED) is 0.420. The van der Waals surface area contributed by atoms with E-state index in [0.717, 1.165) is 12.5 Å². The topological polar surface area (TPSA) is 103 Å². The monoisotopic (exact) mass is 454 g/mol. The molecule has 11 heteroatoms. The lowest BCUT2D eigenvalue weighted by atomic mass is 10.0. The van der Waals surface area contributed by atoms with Gasteiger partial charge in [0.05, 0.1) is 28.5 Å². The largest absolute Gasteiger partial charge is 0.466 e. The van der Waals surface area contributed by atoms with Crippen molar-refractivity contribution in [2.24, 2.45) is 0 Å². The third-order valence-electron chi connectivity index (χ3n) is 4.95. The highest BCUT2D eigenvalue weighted by molar-refractivity contribution is 5.67. The Hall–Kier alpha value is -4.20. The molecule has 0 aliphatic rings. The van der Waals surface area contributed by atoms with Gasteiger partial charge in [0.15, 0.2) is 5.72 Å². The van der Waals surface area contributed by atoms with Crippen LogP contribution >= 0.6 is 0 Å².